The van der Waals surface area contributed by atoms with E-state index in [1.807, 2.05) is 57.7 Å². The first-order valence-corrected chi connectivity index (χ1v) is 18.3. The summed E-state index contributed by atoms with van der Waals surface area (Å²) in [6.07, 6.45) is 1.99. The van der Waals surface area contributed by atoms with Crippen LogP contribution in [-0.4, -0.2) is 111 Å². The van der Waals surface area contributed by atoms with Gasteiger partial charge in [-0.25, -0.2) is 9.59 Å². The smallest absolute Gasteiger partial charge is 0.410 e. The molecule has 2 aromatic rings. The molecule has 3 amide bonds. The van der Waals surface area contributed by atoms with E-state index in [4.69, 9.17) is 23.7 Å². The average Bonchev–Trinajstić information content (AvgIpc) is 3.08. The first kappa shape index (κ1) is 41.4. The number of piperidine rings is 1. The molecule has 0 aromatic heterocycles. The molecule has 0 bridgehead atoms. The van der Waals surface area contributed by atoms with Gasteiger partial charge in [0.15, 0.2) is 11.5 Å². The molecule has 0 N–H and O–H groups in total. The van der Waals surface area contributed by atoms with Gasteiger partial charge in [-0.3, -0.25) is 4.79 Å². The molecule has 0 aliphatic carbocycles. The van der Waals surface area contributed by atoms with Crippen LogP contribution in [-0.2, 0) is 20.6 Å². The quantitative estimate of drug-likeness (QED) is 0.157. The lowest BCUT2D eigenvalue weighted by Gasteiger charge is -2.44. The zero-order valence-corrected chi connectivity index (χ0v) is 32.3. The van der Waals surface area contributed by atoms with Gasteiger partial charge in [0.25, 0.3) is 5.91 Å². The van der Waals surface area contributed by atoms with Crippen molar-refractivity contribution in [3.05, 3.63) is 59.7 Å². The van der Waals surface area contributed by atoms with Crippen molar-refractivity contribution in [2.24, 2.45) is 11.8 Å². The second-order valence-corrected chi connectivity index (χ2v) is 15.0. The molecule has 0 radical (unpaired) electrons. The molecule has 1 aliphatic heterocycles. The van der Waals surface area contributed by atoms with E-state index in [9.17, 15) is 14.4 Å². The Morgan fingerprint density at radius 2 is 1.65 bits per heavy atom. The van der Waals surface area contributed by atoms with E-state index >= 15 is 0 Å². The van der Waals surface area contributed by atoms with Gasteiger partial charge in [0, 0.05) is 63.8 Å². The van der Waals surface area contributed by atoms with Crippen molar-refractivity contribution in [2.45, 2.75) is 91.8 Å². The molecular formula is C40H61N3O8. The zero-order chi connectivity index (χ0) is 37.6. The summed E-state index contributed by atoms with van der Waals surface area (Å²) in [7, 11) is 3.20. The molecule has 51 heavy (non-hydrogen) atoms. The number of amides is 3. The van der Waals surface area contributed by atoms with E-state index in [2.05, 4.69) is 26.0 Å². The van der Waals surface area contributed by atoms with Crippen molar-refractivity contribution < 1.29 is 38.1 Å². The Kier molecular flexibility index (Phi) is 16.4. The van der Waals surface area contributed by atoms with E-state index < -0.39 is 11.7 Å². The first-order valence-electron chi connectivity index (χ1n) is 18.3. The van der Waals surface area contributed by atoms with Gasteiger partial charge in [-0.05, 0) is 83.6 Å². The molecule has 1 saturated heterocycles. The number of ether oxygens (including phenoxy) is 5. The van der Waals surface area contributed by atoms with Crippen molar-refractivity contribution in [3.8, 4) is 11.5 Å². The number of carbonyl (C=O) groups is 3. The van der Waals surface area contributed by atoms with E-state index in [-0.39, 0.29) is 43.2 Å². The Balaban J connectivity index is 1.83. The number of rotatable bonds is 17. The maximum absolute atomic E-state index is 14.3. The molecule has 0 spiro atoms. The first-order chi connectivity index (χ1) is 24.2. The molecule has 1 heterocycles. The summed E-state index contributed by atoms with van der Waals surface area (Å²) in [5, 5.41) is 0. The molecule has 2 aromatic carbocycles. The highest BCUT2D eigenvalue weighted by molar-refractivity contribution is 5.95. The molecule has 0 saturated carbocycles. The number of nitrogens with zero attached hydrogens (tertiary/aromatic N) is 3. The molecule has 11 nitrogen and oxygen atoms in total. The van der Waals surface area contributed by atoms with E-state index in [0.29, 0.717) is 68.7 Å². The van der Waals surface area contributed by atoms with E-state index in [0.717, 1.165) is 18.4 Å². The average molecular weight is 712 g/mol. The van der Waals surface area contributed by atoms with Crippen LogP contribution in [0, 0.1) is 11.8 Å². The zero-order valence-electron chi connectivity index (χ0n) is 32.3. The highest BCUT2D eigenvalue weighted by Crippen LogP contribution is 2.31. The summed E-state index contributed by atoms with van der Waals surface area (Å²) in [4.78, 5) is 46.5. The van der Waals surface area contributed by atoms with Gasteiger partial charge in [0.1, 0.15) is 5.60 Å². The van der Waals surface area contributed by atoms with Crippen molar-refractivity contribution in [1.29, 1.82) is 0 Å². The Hall–Kier alpha value is -3.99. The van der Waals surface area contributed by atoms with Gasteiger partial charge in [-0.15, -0.1) is 0 Å². The largest absolute Gasteiger partial charge is 0.493 e. The van der Waals surface area contributed by atoms with Crippen LogP contribution in [0.15, 0.2) is 48.5 Å². The minimum absolute atomic E-state index is 0.111. The third kappa shape index (κ3) is 13.6. The topological polar surface area (TPSA) is 107 Å². The number of hydrogen-bond donors (Lipinski definition) is 0. The van der Waals surface area contributed by atoms with Crippen LogP contribution in [0.5, 0.6) is 11.5 Å². The molecule has 1 unspecified atom stereocenters. The van der Waals surface area contributed by atoms with E-state index in [1.165, 1.54) is 0 Å². The van der Waals surface area contributed by atoms with Gasteiger partial charge in [-0.2, -0.15) is 0 Å². The van der Waals surface area contributed by atoms with Gasteiger partial charge >= 0.3 is 12.2 Å². The second-order valence-electron chi connectivity index (χ2n) is 15.0. The van der Waals surface area contributed by atoms with Crippen molar-refractivity contribution in [1.82, 2.24) is 14.7 Å². The minimum atomic E-state index is -0.696. The van der Waals surface area contributed by atoms with Gasteiger partial charge in [0.05, 0.1) is 26.4 Å². The third-order valence-electron chi connectivity index (χ3n) is 8.70. The molecule has 11 heteroatoms. The van der Waals surface area contributed by atoms with Crippen LogP contribution in [0.1, 0.15) is 83.7 Å². The maximum Gasteiger partial charge on any atom is 0.410 e. The van der Waals surface area contributed by atoms with Crippen molar-refractivity contribution >= 4 is 18.1 Å². The van der Waals surface area contributed by atoms with Gasteiger partial charge < -0.3 is 38.4 Å². The Bertz CT molecular complexity index is 1380. The summed E-state index contributed by atoms with van der Waals surface area (Å²) < 4.78 is 28.4. The lowest BCUT2D eigenvalue weighted by atomic mass is 9.92. The molecule has 3 rings (SSSR count). The summed E-state index contributed by atoms with van der Waals surface area (Å²) in [6, 6.07) is 14.7. The van der Waals surface area contributed by atoms with E-state index in [1.54, 1.807) is 42.2 Å². The fourth-order valence-corrected chi connectivity index (χ4v) is 6.15. The minimum Gasteiger partial charge on any atom is -0.493 e. The van der Waals surface area contributed by atoms with Crippen LogP contribution in [0.2, 0.25) is 0 Å². The number of likely N-dealkylation sites (tertiary alicyclic amines) is 1. The normalized spacial score (nSPS) is 16.2. The fraction of sp³-hybridized carbons (Fsp3) is 0.625. The lowest BCUT2D eigenvalue weighted by molar-refractivity contribution is -0.00968. The molecular weight excluding hydrogens is 650 g/mol. The predicted octanol–water partition coefficient (Wildman–Crippen LogP) is 7.31. The van der Waals surface area contributed by atoms with Crippen LogP contribution >= 0.6 is 0 Å². The van der Waals surface area contributed by atoms with Gasteiger partial charge in [0.2, 0.25) is 0 Å². The SMILES string of the molecule is COCCCOc1cc(C(=O)N(C(C)C)[C@@H]2CC(COC(=O)N(CCc3ccccc3)CCC(C)C)CN(C(=O)OC(C)(C)C)C2)ccc1OC. The van der Waals surface area contributed by atoms with Crippen LogP contribution in [0.25, 0.3) is 0 Å². The summed E-state index contributed by atoms with van der Waals surface area (Å²) in [6.45, 7) is 16.5. The predicted molar refractivity (Wildman–Crippen MR) is 199 cm³/mol. The Morgan fingerprint density at radius 3 is 2.27 bits per heavy atom. The second kappa shape index (κ2) is 20.2. The standard InChI is InChI=1S/C40H61N3O8/c1-29(2)18-20-41(21-19-31-14-11-10-12-15-31)38(45)50-28-32-24-34(27-42(26-32)39(46)51-40(5,6)7)43(30(3)4)37(44)33-16-17-35(48-9)36(25-33)49-23-13-22-47-8/h10-12,14-17,25,29-30,32,34H,13,18-24,26-28H2,1-9H3/t32?,34-/m1/s1. The van der Waals surface area contributed by atoms with Crippen LogP contribution in [0.3, 0.4) is 0 Å². The summed E-state index contributed by atoms with van der Waals surface area (Å²) >= 11 is 0. The highest BCUT2D eigenvalue weighted by Gasteiger charge is 2.39. The molecule has 1 aliphatic rings. The maximum atomic E-state index is 14.3. The van der Waals surface area contributed by atoms with Crippen molar-refractivity contribution in [3.63, 3.8) is 0 Å². The third-order valence-corrected chi connectivity index (χ3v) is 8.70. The summed E-state index contributed by atoms with van der Waals surface area (Å²) in [5.41, 5.74) is 0.906. The van der Waals surface area contributed by atoms with Crippen LogP contribution in [0.4, 0.5) is 9.59 Å². The highest BCUT2D eigenvalue weighted by atomic mass is 16.6. The number of methoxy groups -OCH3 is 2. The molecule has 284 valence electrons. The van der Waals surface area contributed by atoms with Crippen LogP contribution < -0.4 is 9.47 Å². The monoisotopic (exact) mass is 711 g/mol. The summed E-state index contributed by atoms with van der Waals surface area (Å²) in [5.74, 6) is 1.03. The number of carbonyl (C=O) groups excluding carboxylic acids is 3. The number of hydrogen-bond acceptors (Lipinski definition) is 8. The van der Waals surface area contributed by atoms with Gasteiger partial charge in [-0.1, -0.05) is 44.2 Å². The number of benzene rings is 2. The molecule has 2 atom stereocenters. The Labute approximate surface area is 305 Å². The fourth-order valence-electron chi connectivity index (χ4n) is 6.15. The molecule has 1 fully saturated rings. The lowest BCUT2D eigenvalue weighted by Crippen LogP contribution is -2.57. The Morgan fingerprint density at radius 1 is 0.922 bits per heavy atom. The van der Waals surface area contributed by atoms with Crippen molar-refractivity contribution in [2.75, 3.05) is 60.2 Å².